The van der Waals surface area contributed by atoms with E-state index in [4.69, 9.17) is 0 Å². The summed E-state index contributed by atoms with van der Waals surface area (Å²) >= 11 is 5.58. The van der Waals surface area contributed by atoms with E-state index in [1.165, 1.54) is 0 Å². The first-order valence-electron chi connectivity index (χ1n) is 5.87. The van der Waals surface area contributed by atoms with Crippen LogP contribution in [0, 0.1) is 3.57 Å². The van der Waals surface area contributed by atoms with Gasteiger partial charge in [-0.2, -0.15) is 0 Å². The van der Waals surface area contributed by atoms with Crippen LogP contribution < -0.4 is 10.2 Å². The first-order valence-corrected chi connectivity index (χ1v) is 7.74. The Morgan fingerprint density at radius 2 is 2.10 bits per heavy atom. The van der Waals surface area contributed by atoms with Gasteiger partial charge in [-0.25, -0.2) is 0 Å². The number of rotatable bonds is 3. The standard InChI is InChI=1S/C14H13BrIN3O/c1-19(2)13-5-6-17-8-12(13)18-14(20)10-7-9(16)3-4-11(10)15/h3-8H,1-2H3,(H,18,20). The molecule has 20 heavy (non-hydrogen) atoms. The lowest BCUT2D eigenvalue weighted by Crippen LogP contribution is -2.17. The quantitative estimate of drug-likeness (QED) is 0.731. The molecule has 1 amide bonds. The number of nitrogens with zero attached hydrogens (tertiary/aromatic N) is 2. The molecule has 0 aliphatic rings. The topological polar surface area (TPSA) is 45.2 Å². The molecule has 104 valence electrons. The Balaban J connectivity index is 2.31. The van der Waals surface area contributed by atoms with Gasteiger partial charge in [-0.3, -0.25) is 9.78 Å². The highest BCUT2D eigenvalue weighted by molar-refractivity contribution is 14.1. The molecule has 1 heterocycles. The van der Waals surface area contributed by atoms with Crippen LogP contribution in [0.25, 0.3) is 0 Å². The number of carbonyl (C=O) groups excluding carboxylic acids is 1. The van der Waals surface area contributed by atoms with Gasteiger partial charge in [-0.15, -0.1) is 0 Å². The minimum Gasteiger partial charge on any atom is -0.376 e. The number of pyridine rings is 1. The average Bonchev–Trinajstić information content (AvgIpc) is 2.41. The lowest BCUT2D eigenvalue weighted by Gasteiger charge is -2.17. The first-order chi connectivity index (χ1) is 9.49. The van der Waals surface area contributed by atoms with Crippen LogP contribution in [0.3, 0.4) is 0 Å². The van der Waals surface area contributed by atoms with Crippen LogP contribution in [0.15, 0.2) is 41.1 Å². The molecule has 1 aromatic heterocycles. The molecule has 4 nitrogen and oxygen atoms in total. The smallest absolute Gasteiger partial charge is 0.256 e. The van der Waals surface area contributed by atoms with Crippen molar-refractivity contribution in [3.05, 3.63) is 50.3 Å². The normalized spacial score (nSPS) is 10.2. The number of nitrogens with one attached hydrogen (secondary N) is 1. The van der Waals surface area contributed by atoms with Crippen molar-refractivity contribution in [2.24, 2.45) is 0 Å². The molecule has 1 N–H and O–H groups in total. The van der Waals surface area contributed by atoms with E-state index in [2.05, 4.69) is 48.8 Å². The molecule has 2 rings (SSSR count). The number of hydrogen-bond acceptors (Lipinski definition) is 3. The molecule has 0 saturated carbocycles. The maximum atomic E-state index is 12.4. The van der Waals surface area contributed by atoms with Crippen molar-refractivity contribution in [1.29, 1.82) is 0 Å². The zero-order chi connectivity index (χ0) is 14.7. The summed E-state index contributed by atoms with van der Waals surface area (Å²) in [6, 6.07) is 7.51. The Morgan fingerprint density at radius 3 is 2.80 bits per heavy atom. The molecule has 0 radical (unpaired) electrons. The van der Waals surface area contributed by atoms with E-state index in [0.717, 1.165) is 13.7 Å². The molecule has 0 aliphatic heterocycles. The monoisotopic (exact) mass is 445 g/mol. The SMILES string of the molecule is CN(C)c1ccncc1NC(=O)c1cc(I)ccc1Br. The third kappa shape index (κ3) is 3.49. The van der Waals surface area contributed by atoms with Gasteiger partial charge in [0.1, 0.15) is 0 Å². The van der Waals surface area contributed by atoms with Crippen molar-refractivity contribution in [3.8, 4) is 0 Å². The molecule has 0 atom stereocenters. The van der Waals surface area contributed by atoms with Crippen LogP contribution in [-0.4, -0.2) is 25.0 Å². The van der Waals surface area contributed by atoms with Crippen LogP contribution in [0.4, 0.5) is 11.4 Å². The number of halogens is 2. The van der Waals surface area contributed by atoms with Gasteiger partial charge in [0.2, 0.25) is 0 Å². The van der Waals surface area contributed by atoms with E-state index in [0.29, 0.717) is 11.3 Å². The van der Waals surface area contributed by atoms with Gasteiger partial charge in [-0.05, 0) is 62.8 Å². The van der Waals surface area contributed by atoms with Gasteiger partial charge in [0, 0.05) is 28.3 Å². The third-order valence-corrected chi connectivity index (χ3v) is 4.06. The summed E-state index contributed by atoms with van der Waals surface area (Å²) in [5, 5.41) is 2.90. The number of hydrogen-bond donors (Lipinski definition) is 1. The van der Waals surface area contributed by atoms with E-state index in [-0.39, 0.29) is 5.91 Å². The van der Waals surface area contributed by atoms with Crippen molar-refractivity contribution in [2.75, 3.05) is 24.3 Å². The molecule has 0 bridgehead atoms. The number of benzene rings is 1. The average molecular weight is 446 g/mol. The Labute approximate surface area is 139 Å². The highest BCUT2D eigenvalue weighted by Crippen LogP contribution is 2.25. The maximum Gasteiger partial charge on any atom is 0.256 e. The molecule has 0 saturated heterocycles. The van der Waals surface area contributed by atoms with Crippen LogP contribution in [0.1, 0.15) is 10.4 Å². The van der Waals surface area contributed by atoms with Gasteiger partial charge in [0.25, 0.3) is 5.91 Å². The van der Waals surface area contributed by atoms with E-state index < -0.39 is 0 Å². The Hall–Kier alpha value is -1.15. The number of amides is 1. The Morgan fingerprint density at radius 1 is 1.35 bits per heavy atom. The second-order valence-corrected chi connectivity index (χ2v) is 6.47. The van der Waals surface area contributed by atoms with Crippen LogP contribution in [0.5, 0.6) is 0 Å². The molecular weight excluding hydrogens is 433 g/mol. The predicted octanol–water partition coefficient (Wildman–Crippen LogP) is 3.77. The molecule has 0 unspecified atom stereocenters. The second-order valence-electron chi connectivity index (χ2n) is 4.37. The van der Waals surface area contributed by atoms with Crippen molar-refractivity contribution in [3.63, 3.8) is 0 Å². The van der Waals surface area contributed by atoms with Crippen molar-refractivity contribution in [1.82, 2.24) is 4.98 Å². The largest absolute Gasteiger partial charge is 0.376 e. The van der Waals surface area contributed by atoms with E-state index in [9.17, 15) is 4.79 Å². The number of anilines is 2. The van der Waals surface area contributed by atoms with Crippen molar-refractivity contribution < 1.29 is 4.79 Å². The molecule has 0 spiro atoms. The lowest BCUT2D eigenvalue weighted by atomic mass is 10.2. The van der Waals surface area contributed by atoms with Gasteiger partial charge in [0.05, 0.1) is 23.1 Å². The van der Waals surface area contributed by atoms with Gasteiger partial charge in [-0.1, -0.05) is 0 Å². The molecule has 1 aromatic carbocycles. The van der Waals surface area contributed by atoms with E-state index >= 15 is 0 Å². The second kappa shape index (κ2) is 6.53. The molecule has 0 fully saturated rings. The van der Waals surface area contributed by atoms with Crippen molar-refractivity contribution in [2.45, 2.75) is 0 Å². The Kier molecular flexibility index (Phi) is 4.98. The summed E-state index contributed by atoms with van der Waals surface area (Å²) in [6.07, 6.45) is 3.35. The molecule has 2 aromatic rings. The van der Waals surface area contributed by atoms with Crippen LogP contribution >= 0.6 is 38.5 Å². The summed E-state index contributed by atoms with van der Waals surface area (Å²) in [7, 11) is 3.85. The van der Waals surface area contributed by atoms with Gasteiger partial charge in [0.15, 0.2) is 0 Å². The maximum absolute atomic E-state index is 12.4. The summed E-state index contributed by atoms with van der Waals surface area (Å²) in [4.78, 5) is 18.4. The number of aromatic nitrogens is 1. The lowest BCUT2D eigenvalue weighted by molar-refractivity contribution is 0.102. The minimum absolute atomic E-state index is 0.161. The van der Waals surface area contributed by atoms with Crippen LogP contribution in [0.2, 0.25) is 0 Å². The zero-order valence-corrected chi connectivity index (χ0v) is 14.8. The molecular formula is C14H13BrIN3O. The summed E-state index contributed by atoms with van der Waals surface area (Å²) in [5.74, 6) is -0.161. The van der Waals surface area contributed by atoms with Crippen molar-refractivity contribution >= 4 is 55.8 Å². The van der Waals surface area contributed by atoms with E-state index in [1.807, 2.05) is 43.3 Å². The third-order valence-electron chi connectivity index (χ3n) is 2.70. The molecule has 6 heteroatoms. The van der Waals surface area contributed by atoms with E-state index in [1.54, 1.807) is 12.4 Å². The van der Waals surface area contributed by atoms with Crippen LogP contribution in [-0.2, 0) is 0 Å². The fourth-order valence-corrected chi connectivity index (χ4v) is 2.65. The molecule has 0 aliphatic carbocycles. The summed E-state index contributed by atoms with van der Waals surface area (Å²) in [5.41, 5.74) is 2.20. The fourth-order valence-electron chi connectivity index (χ4n) is 1.73. The van der Waals surface area contributed by atoms with Gasteiger partial charge >= 0.3 is 0 Å². The summed E-state index contributed by atoms with van der Waals surface area (Å²) < 4.78 is 1.78. The summed E-state index contributed by atoms with van der Waals surface area (Å²) in [6.45, 7) is 0. The predicted molar refractivity (Wildman–Crippen MR) is 93.4 cm³/mol. The highest BCUT2D eigenvalue weighted by atomic mass is 127. The highest BCUT2D eigenvalue weighted by Gasteiger charge is 2.13. The minimum atomic E-state index is -0.161. The zero-order valence-electron chi connectivity index (χ0n) is 11.0. The number of carbonyl (C=O) groups is 1. The Bertz CT molecular complexity index is 646. The van der Waals surface area contributed by atoms with Gasteiger partial charge < -0.3 is 10.2 Å². The fraction of sp³-hybridized carbons (Fsp3) is 0.143. The first kappa shape index (κ1) is 15.2.